The highest BCUT2D eigenvalue weighted by molar-refractivity contribution is 8.00. The van der Waals surface area contributed by atoms with Gasteiger partial charge in [0.2, 0.25) is 0 Å². The van der Waals surface area contributed by atoms with E-state index in [4.69, 9.17) is 0 Å². The molecule has 1 fully saturated rings. The zero-order valence-electron chi connectivity index (χ0n) is 11.1. The van der Waals surface area contributed by atoms with Crippen molar-refractivity contribution in [3.63, 3.8) is 0 Å². The lowest BCUT2D eigenvalue weighted by Crippen LogP contribution is -2.40. The summed E-state index contributed by atoms with van der Waals surface area (Å²) in [5.74, 6) is -1.20. The lowest BCUT2D eigenvalue weighted by atomic mass is 9.84. The van der Waals surface area contributed by atoms with Gasteiger partial charge in [0.15, 0.2) is 11.6 Å². The molecule has 0 spiro atoms. The van der Waals surface area contributed by atoms with Crippen molar-refractivity contribution in [1.29, 1.82) is 0 Å². The molecule has 1 saturated carbocycles. The van der Waals surface area contributed by atoms with Crippen molar-refractivity contribution >= 4 is 28.6 Å². The SMILES string of the molecule is CSC1(CNc2cnc3cc(F)c(F)cc3n2)CCC1. The van der Waals surface area contributed by atoms with Crippen LogP contribution in [0.15, 0.2) is 18.3 Å². The number of aromatic nitrogens is 2. The number of benzene rings is 1. The monoisotopic (exact) mass is 295 g/mol. The fourth-order valence-corrected chi connectivity index (χ4v) is 3.28. The zero-order valence-corrected chi connectivity index (χ0v) is 11.9. The molecule has 1 aromatic carbocycles. The van der Waals surface area contributed by atoms with Gasteiger partial charge in [-0.25, -0.2) is 13.8 Å². The first-order valence-corrected chi connectivity index (χ1v) is 7.75. The van der Waals surface area contributed by atoms with Crippen LogP contribution >= 0.6 is 11.8 Å². The second-order valence-corrected chi connectivity index (χ2v) is 6.38. The minimum Gasteiger partial charge on any atom is -0.367 e. The zero-order chi connectivity index (χ0) is 14.2. The normalized spacial score (nSPS) is 16.9. The number of nitrogens with one attached hydrogen (secondary N) is 1. The summed E-state index contributed by atoms with van der Waals surface area (Å²) in [4.78, 5) is 8.40. The summed E-state index contributed by atoms with van der Waals surface area (Å²) in [7, 11) is 0. The first-order chi connectivity index (χ1) is 9.62. The predicted molar refractivity (Wildman–Crippen MR) is 78.0 cm³/mol. The number of rotatable bonds is 4. The third-order valence-corrected chi connectivity index (χ3v) is 5.29. The van der Waals surface area contributed by atoms with E-state index in [1.165, 1.54) is 19.3 Å². The summed E-state index contributed by atoms with van der Waals surface area (Å²) < 4.78 is 26.6. The third-order valence-electron chi connectivity index (χ3n) is 3.87. The Balaban J connectivity index is 1.80. The van der Waals surface area contributed by atoms with Gasteiger partial charge in [-0.2, -0.15) is 11.8 Å². The Morgan fingerprint density at radius 3 is 2.55 bits per heavy atom. The summed E-state index contributed by atoms with van der Waals surface area (Å²) >= 11 is 1.87. The average Bonchev–Trinajstić information content (AvgIpc) is 2.39. The van der Waals surface area contributed by atoms with Crippen molar-refractivity contribution in [2.45, 2.75) is 24.0 Å². The van der Waals surface area contributed by atoms with Crippen molar-refractivity contribution in [2.24, 2.45) is 0 Å². The molecule has 20 heavy (non-hydrogen) atoms. The molecule has 0 saturated heterocycles. The smallest absolute Gasteiger partial charge is 0.161 e. The Morgan fingerprint density at radius 1 is 1.25 bits per heavy atom. The van der Waals surface area contributed by atoms with Gasteiger partial charge in [0.05, 0.1) is 17.2 Å². The lowest BCUT2D eigenvalue weighted by molar-refractivity contribution is 0.379. The molecule has 1 aliphatic carbocycles. The number of anilines is 1. The number of hydrogen-bond donors (Lipinski definition) is 1. The Hall–Kier alpha value is -1.43. The van der Waals surface area contributed by atoms with Crippen molar-refractivity contribution < 1.29 is 8.78 Å². The van der Waals surface area contributed by atoms with E-state index in [1.807, 2.05) is 11.8 Å². The molecule has 106 valence electrons. The van der Waals surface area contributed by atoms with Crippen LogP contribution in [0.2, 0.25) is 0 Å². The summed E-state index contributed by atoms with van der Waals surface area (Å²) in [5.41, 5.74) is 0.721. The highest BCUT2D eigenvalue weighted by Crippen LogP contribution is 2.42. The quantitative estimate of drug-likeness (QED) is 0.935. The van der Waals surface area contributed by atoms with Crippen LogP contribution in [-0.4, -0.2) is 27.5 Å². The molecule has 1 heterocycles. The number of halogens is 2. The minimum absolute atomic E-state index is 0.282. The molecule has 6 heteroatoms. The Morgan fingerprint density at radius 2 is 1.95 bits per heavy atom. The van der Waals surface area contributed by atoms with E-state index in [0.29, 0.717) is 16.9 Å². The molecule has 3 rings (SSSR count). The van der Waals surface area contributed by atoms with E-state index < -0.39 is 11.6 Å². The van der Waals surface area contributed by atoms with Gasteiger partial charge in [-0.1, -0.05) is 6.42 Å². The Labute approximate surface area is 120 Å². The molecule has 0 bridgehead atoms. The van der Waals surface area contributed by atoms with Crippen molar-refractivity contribution in [3.8, 4) is 0 Å². The van der Waals surface area contributed by atoms with Gasteiger partial charge >= 0.3 is 0 Å². The van der Waals surface area contributed by atoms with E-state index in [0.717, 1.165) is 18.7 Å². The second-order valence-electron chi connectivity index (χ2n) is 5.10. The van der Waals surface area contributed by atoms with Crippen molar-refractivity contribution in [2.75, 3.05) is 18.1 Å². The highest BCUT2D eigenvalue weighted by atomic mass is 32.2. The molecule has 0 atom stereocenters. The van der Waals surface area contributed by atoms with Gasteiger partial charge in [-0.05, 0) is 19.1 Å². The first-order valence-electron chi connectivity index (χ1n) is 6.53. The number of thioether (sulfide) groups is 1. The fraction of sp³-hybridized carbons (Fsp3) is 0.429. The van der Waals surface area contributed by atoms with Crippen LogP contribution < -0.4 is 5.32 Å². The number of fused-ring (bicyclic) bond motifs is 1. The molecule has 3 nitrogen and oxygen atoms in total. The number of nitrogens with zero attached hydrogens (tertiary/aromatic N) is 2. The van der Waals surface area contributed by atoms with Gasteiger partial charge in [0, 0.05) is 23.4 Å². The highest BCUT2D eigenvalue weighted by Gasteiger charge is 2.35. The van der Waals surface area contributed by atoms with Crippen LogP contribution in [-0.2, 0) is 0 Å². The molecule has 0 aliphatic heterocycles. The van der Waals surface area contributed by atoms with E-state index in [-0.39, 0.29) is 4.75 Å². The summed E-state index contributed by atoms with van der Waals surface area (Å²) in [6.45, 7) is 0.817. The minimum atomic E-state index is -0.900. The summed E-state index contributed by atoms with van der Waals surface area (Å²) in [5, 5.41) is 3.25. The van der Waals surface area contributed by atoms with Crippen LogP contribution in [0.25, 0.3) is 11.0 Å². The summed E-state index contributed by atoms with van der Waals surface area (Å²) in [6, 6.07) is 2.15. The van der Waals surface area contributed by atoms with Crippen molar-refractivity contribution in [1.82, 2.24) is 9.97 Å². The second kappa shape index (κ2) is 5.16. The van der Waals surface area contributed by atoms with Crippen LogP contribution in [0, 0.1) is 11.6 Å². The van der Waals surface area contributed by atoms with E-state index in [2.05, 4.69) is 21.5 Å². The van der Waals surface area contributed by atoms with Crippen LogP contribution in [0.5, 0.6) is 0 Å². The third kappa shape index (κ3) is 2.44. The molecule has 1 aliphatic rings. The maximum Gasteiger partial charge on any atom is 0.161 e. The maximum absolute atomic E-state index is 13.2. The Bertz CT molecular complexity index is 638. The topological polar surface area (TPSA) is 37.8 Å². The van der Waals surface area contributed by atoms with E-state index >= 15 is 0 Å². The van der Waals surface area contributed by atoms with E-state index in [1.54, 1.807) is 6.20 Å². The summed E-state index contributed by atoms with van der Waals surface area (Å²) in [6.07, 6.45) is 7.33. The van der Waals surface area contributed by atoms with Crippen molar-refractivity contribution in [3.05, 3.63) is 30.0 Å². The first kappa shape index (κ1) is 13.5. The van der Waals surface area contributed by atoms with Crippen LogP contribution in [0.3, 0.4) is 0 Å². The molecule has 1 aromatic heterocycles. The van der Waals surface area contributed by atoms with Gasteiger partial charge in [0.25, 0.3) is 0 Å². The van der Waals surface area contributed by atoms with Gasteiger partial charge in [-0.3, -0.25) is 4.98 Å². The Kier molecular flexibility index (Phi) is 3.50. The molecule has 0 unspecified atom stereocenters. The lowest BCUT2D eigenvalue weighted by Gasteiger charge is -2.40. The van der Waals surface area contributed by atoms with Gasteiger partial charge in [0.1, 0.15) is 5.82 Å². The van der Waals surface area contributed by atoms with Crippen LogP contribution in [0.4, 0.5) is 14.6 Å². The molecular formula is C14H15F2N3S. The van der Waals surface area contributed by atoms with Crippen LogP contribution in [0.1, 0.15) is 19.3 Å². The molecule has 1 N–H and O–H groups in total. The number of hydrogen-bond acceptors (Lipinski definition) is 4. The van der Waals surface area contributed by atoms with Gasteiger partial charge < -0.3 is 5.32 Å². The van der Waals surface area contributed by atoms with Gasteiger partial charge in [-0.15, -0.1) is 0 Å². The molecule has 2 aromatic rings. The fourth-order valence-electron chi connectivity index (χ4n) is 2.37. The maximum atomic E-state index is 13.2. The largest absolute Gasteiger partial charge is 0.367 e. The standard InChI is InChI=1S/C14H15F2N3S/c1-20-14(3-2-4-14)8-18-13-7-17-11-5-9(15)10(16)6-12(11)19-13/h5-7H,2-4,8H2,1H3,(H,18,19). The van der Waals surface area contributed by atoms with E-state index in [9.17, 15) is 8.78 Å². The predicted octanol–water partition coefficient (Wildman–Crippen LogP) is 3.61. The average molecular weight is 295 g/mol. The molecule has 0 amide bonds. The molecular weight excluding hydrogens is 280 g/mol. The molecule has 0 radical (unpaired) electrons.